The maximum atomic E-state index is 12.1. The maximum Gasteiger partial charge on any atom is 0.249 e. The van der Waals surface area contributed by atoms with Gasteiger partial charge in [-0.05, 0) is 61.0 Å². The normalized spacial score (nSPS) is 10.4. The molecule has 0 radical (unpaired) electrons. The number of carbonyl (C=O) groups is 2. The Balaban J connectivity index is 1.50. The summed E-state index contributed by atoms with van der Waals surface area (Å²) in [5, 5.41) is 15.8. The van der Waals surface area contributed by atoms with Crippen LogP contribution in [0, 0.1) is 11.3 Å². The van der Waals surface area contributed by atoms with Crippen LogP contribution in [0.3, 0.4) is 0 Å². The van der Waals surface area contributed by atoms with Crippen LogP contribution < -0.4 is 25.0 Å². The van der Waals surface area contributed by atoms with Gasteiger partial charge in [0.15, 0.2) is 11.5 Å². The van der Waals surface area contributed by atoms with Crippen LogP contribution in [-0.2, 0) is 16.2 Å². The minimum absolute atomic E-state index is 0.211. The number of benzene rings is 3. The van der Waals surface area contributed by atoms with Crippen LogP contribution >= 0.6 is 0 Å². The number of nitrogens with one attached hydrogen (secondary N) is 2. The second kappa shape index (κ2) is 13.2. The number of anilines is 1. The molecule has 0 fully saturated rings. The first-order valence-electron chi connectivity index (χ1n) is 11.2. The zero-order valence-electron chi connectivity index (χ0n) is 20.0. The molecule has 0 spiro atoms. The van der Waals surface area contributed by atoms with E-state index in [1.807, 2.05) is 19.1 Å². The predicted octanol–water partition coefficient (Wildman–Crippen LogP) is 4.02. The maximum absolute atomic E-state index is 12.1. The molecular weight excluding hydrogens is 460 g/mol. The Labute approximate surface area is 209 Å². The van der Waals surface area contributed by atoms with Crippen LogP contribution in [0.4, 0.5) is 5.69 Å². The van der Waals surface area contributed by atoms with Gasteiger partial charge in [-0.3, -0.25) is 9.59 Å². The molecule has 3 aromatic carbocycles. The van der Waals surface area contributed by atoms with Gasteiger partial charge in [-0.2, -0.15) is 10.4 Å². The topological polar surface area (TPSA) is 122 Å². The van der Waals surface area contributed by atoms with Crippen molar-refractivity contribution in [1.29, 1.82) is 5.26 Å². The van der Waals surface area contributed by atoms with Gasteiger partial charge in [0.1, 0.15) is 18.8 Å². The van der Waals surface area contributed by atoms with E-state index in [1.165, 1.54) is 13.3 Å². The fourth-order valence-electron chi connectivity index (χ4n) is 3.16. The number of hydrogen-bond acceptors (Lipinski definition) is 7. The van der Waals surface area contributed by atoms with Crippen LogP contribution in [0.25, 0.3) is 0 Å². The van der Waals surface area contributed by atoms with Gasteiger partial charge in [-0.15, -0.1) is 0 Å². The average molecular weight is 487 g/mol. The molecule has 0 saturated carbocycles. The van der Waals surface area contributed by atoms with Crippen molar-refractivity contribution in [2.45, 2.75) is 20.0 Å². The average Bonchev–Trinajstić information content (AvgIpc) is 2.89. The van der Waals surface area contributed by atoms with Crippen LogP contribution in [0.5, 0.6) is 17.2 Å². The number of carbonyl (C=O) groups excluding carboxylic acids is 2. The molecule has 3 aromatic rings. The molecule has 3 rings (SSSR count). The number of rotatable bonds is 11. The van der Waals surface area contributed by atoms with Gasteiger partial charge in [0.25, 0.3) is 0 Å². The van der Waals surface area contributed by atoms with Gasteiger partial charge < -0.3 is 19.5 Å². The molecule has 2 amide bonds. The smallest absolute Gasteiger partial charge is 0.249 e. The Hall–Kier alpha value is -4.84. The predicted molar refractivity (Wildman–Crippen MR) is 135 cm³/mol. The SMILES string of the molecule is CCOc1ccc(NC(=O)CC(=O)NN=Cc2ccc(OCc3ccccc3C#N)c(OC)c2)cc1. The lowest BCUT2D eigenvalue weighted by Crippen LogP contribution is -2.24. The van der Waals surface area contributed by atoms with Crippen molar-refractivity contribution in [3.63, 3.8) is 0 Å². The molecule has 0 atom stereocenters. The third-order valence-electron chi connectivity index (χ3n) is 4.88. The van der Waals surface area contributed by atoms with Crippen LogP contribution in [-0.4, -0.2) is 31.7 Å². The molecule has 0 bridgehead atoms. The second-order valence-electron chi connectivity index (χ2n) is 7.44. The summed E-state index contributed by atoms with van der Waals surface area (Å²) in [5.74, 6) is 0.640. The Bertz CT molecular complexity index is 1270. The number of amides is 2. The molecule has 0 aliphatic heterocycles. The highest BCUT2D eigenvalue weighted by molar-refractivity contribution is 6.03. The molecule has 184 valence electrons. The lowest BCUT2D eigenvalue weighted by atomic mass is 10.1. The summed E-state index contributed by atoms with van der Waals surface area (Å²) in [4.78, 5) is 24.1. The van der Waals surface area contributed by atoms with Crippen molar-refractivity contribution in [2.24, 2.45) is 5.10 Å². The molecule has 0 aliphatic carbocycles. The van der Waals surface area contributed by atoms with E-state index in [4.69, 9.17) is 14.2 Å². The highest BCUT2D eigenvalue weighted by atomic mass is 16.5. The van der Waals surface area contributed by atoms with Gasteiger partial charge in [-0.1, -0.05) is 18.2 Å². The van der Waals surface area contributed by atoms with Crippen molar-refractivity contribution in [3.05, 3.63) is 83.4 Å². The number of nitriles is 1. The van der Waals surface area contributed by atoms with E-state index >= 15 is 0 Å². The molecule has 0 aromatic heterocycles. The fourth-order valence-corrected chi connectivity index (χ4v) is 3.16. The van der Waals surface area contributed by atoms with E-state index in [1.54, 1.807) is 54.6 Å². The molecule has 36 heavy (non-hydrogen) atoms. The number of hydrazone groups is 1. The number of methoxy groups -OCH3 is 1. The van der Waals surface area contributed by atoms with Crippen molar-refractivity contribution >= 4 is 23.7 Å². The Morgan fingerprint density at radius 2 is 1.78 bits per heavy atom. The van der Waals surface area contributed by atoms with E-state index in [-0.39, 0.29) is 13.0 Å². The molecule has 0 aliphatic rings. The first kappa shape index (κ1) is 25.8. The van der Waals surface area contributed by atoms with Crippen molar-refractivity contribution < 1.29 is 23.8 Å². The van der Waals surface area contributed by atoms with Crippen molar-refractivity contribution in [2.75, 3.05) is 19.0 Å². The summed E-state index contributed by atoms with van der Waals surface area (Å²) in [6.45, 7) is 2.65. The monoisotopic (exact) mass is 486 g/mol. The Morgan fingerprint density at radius 1 is 1.00 bits per heavy atom. The van der Waals surface area contributed by atoms with E-state index in [0.717, 1.165) is 5.56 Å². The highest BCUT2D eigenvalue weighted by Gasteiger charge is 2.10. The van der Waals surface area contributed by atoms with E-state index in [0.29, 0.717) is 40.7 Å². The first-order valence-corrected chi connectivity index (χ1v) is 11.2. The largest absolute Gasteiger partial charge is 0.494 e. The zero-order valence-corrected chi connectivity index (χ0v) is 20.0. The van der Waals surface area contributed by atoms with Crippen LogP contribution in [0.2, 0.25) is 0 Å². The van der Waals surface area contributed by atoms with Gasteiger partial charge in [-0.25, -0.2) is 5.43 Å². The summed E-state index contributed by atoms with van der Waals surface area (Å²) in [7, 11) is 1.51. The summed E-state index contributed by atoms with van der Waals surface area (Å²) in [6, 6.07) is 21.3. The fraction of sp³-hybridized carbons (Fsp3) is 0.185. The first-order chi connectivity index (χ1) is 17.5. The lowest BCUT2D eigenvalue weighted by molar-refractivity contribution is -0.126. The minimum Gasteiger partial charge on any atom is -0.494 e. The van der Waals surface area contributed by atoms with Crippen LogP contribution in [0.15, 0.2) is 71.8 Å². The van der Waals surface area contributed by atoms with Crippen molar-refractivity contribution in [3.8, 4) is 23.3 Å². The van der Waals surface area contributed by atoms with Crippen LogP contribution in [0.1, 0.15) is 30.0 Å². The second-order valence-corrected chi connectivity index (χ2v) is 7.44. The summed E-state index contributed by atoms with van der Waals surface area (Å²) >= 11 is 0. The standard InChI is InChI=1S/C27H26N4O5/c1-3-35-23-11-9-22(10-12-23)30-26(32)15-27(33)31-29-17-19-8-13-24(25(14-19)34-2)36-18-21-7-5-4-6-20(21)16-28/h4-14,17H,3,15,18H2,1-2H3,(H,30,32)(H,31,33). The Morgan fingerprint density at radius 3 is 2.50 bits per heavy atom. The third kappa shape index (κ3) is 7.60. The molecule has 2 N–H and O–H groups in total. The number of nitrogens with zero attached hydrogens (tertiary/aromatic N) is 2. The molecule has 0 saturated heterocycles. The van der Waals surface area contributed by atoms with E-state index in [2.05, 4.69) is 21.9 Å². The van der Waals surface area contributed by atoms with Gasteiger partial charge in [0.2, 0.25) is 11.8 Å². The lowest BCUT2D eigenvalue weighted by Gasteiger charge is -2.12. The number of ether oxygens (including phenoxy) is 3. The summed E-state index contributed by atoms with van der Waals surface area (Å²) in [5.41, 5.74) is 4.85. The summed E-state index contributed by atoms with van der Waals surface area (Å²) < 4.78 is 16.6. The van der Waals surface area contributed by atoms with Gasteiger partial charge >= 0.3 is 0 Å². The summed E-state index contributed by atoms with van der Waals surface area (Å²) in [6.07, 6.45) is 1.05. The number of hydrogen-bond donors (Lipinski definition) is 2. The van der Waals surface area contributed by atoms with Crippen molar-refractivity contribution in [1.82, 2.24) is 5.43 Å². The third-order valence-corrected chi connectivity index (χ3v) is 4.88. The van der Waals surface area contributed by atoms with E-state index < -0.39 is 11.8 Å². The molecule has 0 unspecified atom stereocenters. The van der Waals surface area contributed by atoms with Gasteiger partial charge in [0.05, 0.1) is 31.6 Å². The molecule has 9 heteroatoms. The Kier molecular flexibility index (Phi) is 9.42. The zero-order chi connectivity index (χ0) is 25.8. The minimum atomic E-state index is -0.558. The quantitative estimate of drug-likeness (QED) is 0.240. The van der Waals surface area contributed by atoms with E-state index in [9.17, 15) is 14.9 Å². The highest BCUT2D eigenvalue weighted by Crippen LogP contribution is 2.28. The molecule has 0 heterocycles. The van der Waals surface area contributed by atoms with Gasteiger partial charge in [0, 0.05) is 11.3 Å². The molecule has 9 nitrogen and oxygen atoms in total. The molecular formula is C27H26N4O5.